The average molecular weight is 263 g/mol. The molecule has 1 aromatic rings. The molecule has 0 N–H and O–H groups in total. The Morgan fingerprint density at radius 1 is 1.28 bits per heavy atom. The van der Waals surface area contributed by atoms with Crippen molar-refractivity contribution >= 4 is 17.1 Å². The third-order valence-corrected chi connectivity index (χ3v) is 4.77. The van der Waals surface area contributed by atoms with Gasteiger partial charge in [0.1, 0.15) is 16.1 Å². The Morgan fingerprint density at radius 3 is 2.67 bits per heavy atom. The van der Waals surface area contributed by atoms with Crippen LogP contribution in [0.25, 0.3) is 0 Å². The molecule has 0 saturated heterocycles. The van der Waals surface area contributed by atoms with Crippen LogP contribution in [0.3, 0.4) is 0 Å². The van der Waals surface area contributed by atoms with Crippen LogP contribution in [-0.2, 0) is 24.2 Å². The molecule has 0 bridgehead atoms. The monoisotopic (exact) mass is 263 g/mol. The third kappa shape index (κ3) is 2.78. The molecule has 98 valence electrons. The number of fused-ring (bicyclic) bond motifs is 1. The summed E-state index contributed by atoms with van der Waals surface area (Å²) in [5, 5.41) is 0. The lowest BCUT2D eigenvalue weighted by atomic mass is 10.0. The predicted octanol–water partition coefficient (Wildman–Crippen LogP) is 3.45. The quantitative estimate of drug-likeness (QED) is 0.594. The molecular formula is C15H21NOS. The minimum absolute atomic E-state index is 0.292. The van der Waals surface area contributed by atoms with Gasteiger partial charge in [-0.25, -0.2) is 0 Å². The van der Waals surface area contributed by atoms with Crippen LogP contribution in [0.15, 0.2) is 22.6 Å². The molecule has 0 fully saturated rings. The first-order chi connectivity index (χ1) is 8.39. The van der Waals surface area contributed by atoms with Crippen LogP contribution in [0.4, 0.5) is 0 Å². The molecule has 1 aromatic carbocycles. The van der Waals surface area contributed by atoms with Crippen molar-refractivity contribution in [2.24, 2.45) is 4.40 Å². The van der Waals surface area contributed by atoms with E-state index in [0.717, 1.165) is 12.1 Å². The van der Waals surface area contributed by atoms with Crippen LogP contribution < -0.4 is 0 Å². The van der Waals surface area contributed by atoms with E-state index in [1.165, 1.54) is 29.5 Å². The fraction of sp³-hybridized carbons (Fsp3) is 0.533. The van der Waals surface area contributed by atoms with Gasteiger partial charge in [-0.1, -0.05) is 22.6 Å². The second-order valence-corrected chi connectivity index (χ2v) is 7.74. The second-order valence-electron chi connectivity index (χ2n) is 5.84. The highest BCUT2D eigenvalue weighted by Crippen LogP contribution is 2.26. The Hall–Kier alpha value is -0.800. The number of aryl methyl sites for hydroxylation is 1. The van der Waals surface area contributed by atoms with Gasteiger partial charge in [-0.05, 0) is 58.1 Å². The summed E-state index contributed by atoms with van der Waals surface area (Å²) in [6, 6.07) is 6.38. The molecule has 1 atom stereocenters. The summed E-state index contributed by atoms with van der Waals surface area (Å²) in [5.41, 5.74) is 4.93. The van der Waals surface area contributed by atoms with Gasteiger partial charge in [0.2, 0.25) is 0 Å². The normalized spacial score (nSPS) is 17.7. The fourth-order valence-corrected chi connectivity index (χ4v) is 2.89. The Bertz CT molecular complexity index is 474. The molecule has 2 nitrogen and oxygen atoms in total. The minimum atomic E-state index is -1.18. The van der Waals surface area contributed by atoms with Gasteiger partial charge in [-0.2, -0.15) is 0 Å². The van der Waals surface area contributed by atoms with Crippen LogP contribution in [0.1, 0.15) is 50.8 Å². The van der Waals surface area contributed by atoms with E-state index >= 15 is 0 Å². The maximum Gasteiger partial charge on any atom is 0.144 e. The fourth-order valence-electron chi connectivity index (χ4n) is 2.27. The molecule has 0 heterocycles. The van der Waals surface area contributed by atoms with E-state index in [1.807, 2.05) is 27.7 Å². The van der Waals surface area contributed by atoms with Crippen molar-refractivity contribution in [3.8, 4) is 0 Å². The molecular weight excluding hydrogens is 242 g/mol. The lowest BCUT2D eigenvalue weighted by Gasteiger charge is -2.19. The Labute approximate surface area is 113 Å². The summed E-state index contributed by atoms with van der Waals surface area (Å²) in [6.45, 7) is 7.83. The van der Waals surface area contributed by atoms with Crippen molar-refractivity contribution in [1.82, 2.24) is 0 Å². The summed E-state index contributed by atoms with van der Waals surface area (Å²) in [5.74, 6) is 0. The summed E-state index contributed by atoms with van der Waals surface area (Å²) in [7, 11) is 0. The van der Waals surface area contributed by atoms with Gasteiger partial charge >= 0.3 is 0 Å². The molecule has 3 heteroatoms. The zero-order chi connectivity index (χ0) is 13.3. The van der Waals surface area contributed by atoms with E-state index in [0.29, 0.717) is 0 Å². The lowest BCUT2D eigenvalue weighted by molar-refractivity contribution is 0.561. The first-order valence-electron chi connectivity index (χ1n) is 6.48. The topological polar surface area (TPSA) is 35.4 Å². The van der Waals surface area contributed by atoms with E-state index in [2.05, 4.69) is 22.6 Å². The van der Waals surface area contributed by atoms with Crippen LogP contribution in [0, 0.1) is 0 Å². The number of benzene rings is 1. The molecule has 0 radical (unpaired) electrons. The van der Waals surface area contributed by atoms with Crippen LogP contribution in [-0.4, -0.2) is 15.0 Å². The summed E-state index contributed by atoms with van der Waals surface area (Å²) < 4.78 is 16.2. The van der Waals surface area contributed by atoms with Crippen molar-refractivity contribution in [3.63, 3.8) is 0 Å². The Balaban J connectivity index is 2.32. The van der Waals surface area contributed by atoms with Gasteiger partial charge in [0, 0.05) is 5.56 Å². The highest BCUT2D eigenvalue weighted by molar-refractivity contribution is 7.91. The van der Waals surface area contributed by atoms with Gasteiger partial charge in [0.05, 0.1) is 5.71 Å². The van der Waals surface area contributed by atoms with Crippen LogP contribution in [0.5, 0.6) is 0 Å². The van der Waals surface area contributed by atoms with Gasteiger partial charge in [-0.3, -0.25) is 0 Å². The van der Waals surface area contributed by atoms with E-state index in [1.54, 1.807) is 0 Å². The highest BCUT2D eigenvalue weighted by Gasteiger charge is 2.27. The smallest absolute Gasteiger partial charge is 0.144 e. The first-order valence-corrected chi connectivity index (χ1v) is 7.58. The predicted molar refractivity (Wildman–Crippen MR) is 78.6 cm³/mol. The van der Waals surface area contributed by atoms with Gasteiger partial charge in [0.15, 0.2) is 0 Å². The van der Waals surface area contributed by atoms with Crippen molar-refractivity contribution in [2.75, 3.05) is 0 Å². The molecule has 1 aliphatic rings. The maximum atomic E-state index is 12.1. The molecule has 0 amide bonds. The second kappa shape index (κ2) is 5.06. The minimum Gasteiger partial charge on any atom is -0.591 e. The molecule has 1 unspecified atom stereocenters. The summed E-state index contributed by atoms with van der Waals surface area (Å²) in [6.07, 6.45) is 3.52. The average Bonchev–Trinajstić information content (AvgIpc) is 2.74. The van der Waals surface area contributed by atoms with E-state index in [4.69, 9.17) is 0 Å². The van der Waals surface area contributed by atoms with E-state index in [-0.39, 0.29) is 4.75 Å². The number of rotatable bonds is 2. The lowest BCUT2D eigenvalue weighted by Crippen LogP contribution is -2.26. The Morgan fingerprint density at radius 2 is 2.00 bits per heavy atom. The standard InChI is InChI=1S/C15H21NOS/c1-11(16-18(17)15(2,3)4)13-9-5-7-12-8-6-10-14(12)13/h5,7,9H,6,8,10H2,1-4H3. The zero-order valence-corrected chi connectivity index (χ0v) is 12.4. The maximum absolute atomic E-state index is 12.1. The van der Waals surface area contributed by atoms with E-state index < -0.39 is 11.4 Å². The summed E-state index contributed by atoms with van der Waals surface area (Å²) >= 11 is -1.18. The SMILES string of the molecule is CC(=N[S+]([O-])C(C)(C)C)c1cccc2c1CCC2. The van der Waals surface area contributed by atoms with Crippen molar-refractivity contribution in [3.05, 3.63) is 34.9 Å². The molecule has 0 aromatic heterocycles. The Kier molecular flexibility index (Phi) is 3.83. The van der Waals surface area contributed by atoms with Gasteiger partial charge in [-0.15, -0.1) is 0 Å². The largest absolute Gasteiger partial charge is 0.591 e. The van der Waals surface area contributed by atoms with Crippen molar-refractivity contribution in [1.29, 1.82) is 0 Å². The highest BCUT2D eigenvalue weighted by atomic mass is 32.2. The number of hydrogen-bond donors (Lipinski definition) is 0. The van der Waals surface area contributed by atoms with Crippen LogP contribution >= 0.6 is 0 Å². The number of nitrogens with zero attached hydrogens (tertiary/aromatic N) is 1. The van der Waals surface area contributed by atoms with Crippen LogP contribution in [0.2, 0.25) is 0 Å². The zero-order valence-electron chi connectivity index (χ0n) is 11.6. The third-order valence-electron chi connectivity index (χ3n) is 3.28. The number of hydrogen-bond acceptors (Lipinski definition) is 2. The molecule has 2 rings (SSSR count). The van der Waals surface area contributed by atoms with Crippen molar-refractivity contribution in [2.45, 2.75) is 51.7 Å². The van der Waals surface area contributed by atoms with Gasteiger partial charge in [0.25, 0.3) is 0 Å². The summed E-state index contributed by atoms with van der Waals surface area (Å²) in [4.78, 5) is 0. The van der Waals surface area contributed by atoms with E-state index in [9.17, 15) is 4.55 Å². The molecule has 0 saturated carbocycles. The molecule has 0 aliphatic heterocycles. The van der Waals surface area contributed by atoms with Crippen molar-refractivity contribution < 1.29 is 4.55 Å². The van der Waals surface area contributed by atoms with Gasteiger partial charge < -0.3 is 4.55 Å². The molecule has 0 spiro atoms. The first kappa shape index (κ1) is 13.6. The molecule has 1 aliphatic carbocycles. The molecule has 18 heavy (non-hydrogen) atoms.